The largest absolute Gasteiger partial charge is 0.370 e. The van der Waals surface area contributed by atoms with E-state index in [1.165, 1.54) is 70.6 Å². The lowest BCUT2D eigenvalue weighted by Gasteiger charge is -2.34. The normalized spacial score (nSPS) is 33.0. The molecule has 2 saturated carbocycles. The van der Waals surface area contributed by atoms with Crippen molar-refractivity contribution in [2.45, 2.75) is 87.9 Å². The second-order valence-electron chi connectivity index (χ2n) is 7.02. The molecule has 3 rings (SSSR count). The Morgan fingerprint density at radius 1 is 0.947 bits per heavy atom. The zero-order chi connectivity index (χ0) is 13.2. The molecular weight excluding hydrogens is 258 g/mol. The van der Waals surface area contributed by atoms with Crippen molar-refractivity contribution in [3.05, 3.63) is 0 Å². The van der Waals surface area contributed by atoms with Crippen molar-refractivity contribution in [1.29, 1.82) is 0 Å². The van der Waals surface area contributed by atoms with Gasteiger partial charge in [-0.2, -0.15) is 0 Å². The first kappa shape index (κ1) is 14.2. The first-order valence-corrected chi connectivity index (χ1v) is 8.78. The molecule has 3 fully saturated rings. The van der Waals surface area contributed by atoms with Gasteiger partial charge in [0.05, 0.1) is 11.7 Å². The fourth-order valence-corrected chi connectivity index (χ4v) is 4.70. The molecule has 0 aromatic heterocycles. The Hall–Kier alpha value is 0.210. The van der Waals surface area contributed by atoms with Crippen molar-refractivity contribution in [1.82, 2.24) is 5.32 Å². The summed E-state index contributed by atoms with van der Waals surface area (Å²) in [5.41, 5.74) is 0.474. The highest BCUT2D eigenvalue weighted by atomic mass is 35.5. The third-order valence-corrected chi connectivity index (χ3v) is 6.14. The highest BCUT2D eigenvalue weighted by Crippen LogP contribution is 2.42. The Balaban J connectivity index is 1.49. The van der Waals surface area contributed by atoms with Crippen molar-refractivity contribution in [2.24, 2.45) is 0 Å². The Bertz CT molecular complexity index is 295. The Morgan fingerprint density at radius 3 is 2.32 bits per heavy atom. The molecule has 1 unspecified atom stereocenters. The molecule has 2 aliphatic carbocycles. The fraction of sp³-hybridized carbons (Fsp3) is 1.00. The minimum absolute atomic E-state index is 0.216. The molecule has 1 atom stereocenters. The summed E-state index contributed by atoms with van der Waals surface area (Å²) in [4.78, 5) is 0. The topological polar surface area (TPSA) is 21.3 Å². The van der Waals surface area contributed by atoms with E-state index in [-0.39, 0.29) is 11.1 Å². The van der Waals surface area contributed by atoms with Crippen LogP contribution in [-0.4, -0.2) is 29.7 Å². The van der Waals surface area contributed by atoms with Gasteiger partial charge in [0.25, 0.3) is 0 Å². The van der Waals surface area contributed by atoms with Gasteiger partial charge in [-0.1, -0.05) is 32.1 Å². The maximum Gasteiger partial charge on any atom is 0.0708 e. The van der Waals surface area contributed by atoms with Crippen LogP contribution in [-0.2, 0) is 4.74 Å². The number of hydrogen-bond acceptors (Lipinski definition) is 2. The van der Waals surface area contributed by atoms with Crippen molar-refractivity contribution in [3.63, 3.8) is 0 Å². The number of alkyl halides is 1. The first-order chi connectivity index (χ1) is 9.26. The maximum absolute atomic E-state index is 6.43. The van der Waals surface area contributed by atoms with Gasteiger partial charge in [0.1, 0.15) is 0 Å². The van der Waals surface area contributed by atoms with Gasteiger partial charge in [-0.05, 0) is 38.5 Å². The maximum atomic E-state index is 6.43. The van der Waals surface area contributed by atoms with E-state index in [1.807, 2.05) is 0 Å². The summed E-state index contributed by atoms with van der Waals surface area (Å²) in [5, 5.41) is 3.75. The zero-order valence-corrected chi connectivity index (χ0v) is 12.8. The summed E-state index contributed by atoms with van der Waals surface area (Å²) in [6.45, 7) is 1.01. The quantitative estimate of drug-likeness (QED) is 0.788. The van der Waals surface area contributed by atoms with Crippen molar-refractivity contribution < 1.29 is 4.74 Å². The average Bonchev–Trinajstić information content (AvgIpc) is 3.06. The lowest BCUT2D eigenvalue weighted by atomic mass is 9.83. The van der Waals surface area contributed by atoms with Gasteiger partial charge in [-0.25, -0.2) is 0 Å². The lowest BCUT2D eigenvalue weighted by molar-refractivity contribution is -0.0638. The van der Waals surface area contributed by atoms with Crippen molar-refractivity contribution in [3.8, 4) is 0 Å². The van der Waals surface area contributed by atoms with Crippen LogP contribution in [0.4, 0.5) is 0 Å². The second-order valence-corrected chi connectivity index (χ2v) is 7.29. The first-order valence-electron chi connectivity index (χ1n) is 8.25. The lowest BCUT2D eigenvalue weighted by Crippen LogP contribution is -2.48. The molecule has 19 heavy (non-hydrogen) atoms. The third-order valence-electron chi connectivity index (χ3n) is 5.62. The number of ether oxygens (including phenoxy) is 1. The zero-order valence-electron chi connectivity index (χ0n) is 12.1. The van der Waals surface area contributed by atoms with Gasteiger partial charge < -0.3 is 10.1 Å². The molecule has 1 saturated heterocycles. The Kier molecular flexibility index (Phi) is 4.40. The standard InChI is InChI=1S/C16H28ClNO/c17-13-15(7-4-5-8-15)18-12-14-6-11-16(19-14)9-2-1-3-10-16/h14,18H,1-13H2. The van der Waals surface area contributed by atoms with Gasteiger partial charge in [-0.15, -0.1) is 11.6 Å². The van der Waals surface area contributed by atoms with Gasteiger partial charge >= 0.3 is 0 Å². The number of hydrogen-bond donors (Lipinski definition) is 1. The molecule has 3 heteroatoms. The monoisotopic (exact) mass is 285 g/mol. The van der Waals surface area contributed by atoms with E-state index in [9.17, 15) is 0 Å². The molecule has 0 radical (unpaired) electrons. The van der Waals surface area contributed by atoms with E-state index in [0.29, 0.717) is 6.10 Å². The smallest absolute Gasteiger partial charge is 0.0708 e. The van der Waals surface area contributed by atoms with Crippen LogP contribution >= 0.6 is 11.6 Å². The number of rotatable bonds is 4. The van der Waals surface area contributed by atoms with Crippen LogP contribution in [0.5, 0.6) is 0 Å². The molecule has 1 N–H and O–H groups in total. The Labute approximate surface area is 122 Å². The van der Waals surface area contributed by atoms with Crippen LogP contribution < -0.4 is 5.32 Å². The Morgan fingerprint density at radius 2 is 1.63 bits per heavy atom. The molecule has 1 spiro atoms. The fourth-order valence-electron chi connectivity index (χ4n) is 4.34. The van der Waals surface area contributed by atoms with Gasteiger partial charge in [-0.3, -0.25) is 0 Å². The van der Waals surface area contributed by atoms with E-state index in [4.69, 9.17) is 16.3 Å². The second kappa shape index (κ2) is 5.91. The minimum atomic E-state index is 0.216. The molecule has 1 aliphatic heterocycles. The number of halogens is 1. The van der Waals surface area contributed by atoms with Gasteiger partial charge in [0, 0.05) is 18.0 Å². The summed E-state index contributed by atoms with van der Waals surface area (Å²) in [6, 6.07) is 0. The molecule has 2 nitrogen and oxygen atoms in total. The number of nitrogens with one attached hydrogen (secondary N) is 1. The predicted molar refractivity (Wildman–Crippen MR) is 79.8 cm³/mol. The van der Waals surface area contributed by atoms with Gasteiger partial charge in [0.15, 0.2) is 0 Å². The van der Waals surface area contributed by atoms with Crippen LogP contribution in [0.3, 0.4) is 0 Å². The predicted octanol–water partition coefficient (Wildman–Crippen LogP) is 4.01. The summed E-state index contributed by atoms with van der Waals surface area (Å²) >= 11 is 6.19. The SMILES string of the molecule is ClCC1(NCC2CCC3(CCCCC3)O2)CCCC1. The van der Waals surface area contributed by atoms with Crippen LogP contribution in [0.15, 0.2) is 0 Å². The van der Waals surface area contributed by atoms with Crippen molar-refractivity contribution >= 4 is 11.6 Å². The molecule has 0 aromatic carbocycles. The van der Waals surface area contributed by atoms with E-state index in [2.05, 4.69) is 5.32 Å². The molecular formula is C16H28ClNO. The third kappa shape index (κ3) is 3.11. The molecule has 0 aromatic rings. The molecule has 1 heterocycles. The van der Waals surface area contributed by atoms with E-state index < -0.39 is 0 Å². The van der Waals surface area contributed by atoms with Gasteiger partial charge in [0.2, 0.25) is 0 Å². The molecule has 0 amide bonds. The van der Waals surface area contributed by atoms with Crippen molar-refractivity contribution in [2.75, 3.05) is 12.4 Å². The van der Waals surface area contributed by atoms with Crippen LogP contribution in [0, 0.1) is 0 Å². The van der Waals surface area contributed by atoms with Crippen LogP contribution in [0.2, 0.25) is 0 Å². The minimum Gasteiger partial charge on any atom is -0.370 e. The highest BCUT2D eigenvalue weighted by Gasteiger charge is 2.41. The summed E-state index contributed by atoms with van der Waals surface area (Å²) in [7, 11) is 0. The molecule has 0 bridgehead atoms. The molecule has 110 valence electrons. The molecule has 3 aliphatic rings. The van der Waals surface area contributed by atoms with E-state index in [0.717, 1.165) is 12.4 Å². The summed E-state index contributed by atoms with van der Waals surface area (Å²) < 4.78 is 6.43. The van der Waals surface area contributed by atoms with Crippen LogP contribution in [0.25, 0.3) is 0 Å². The van der Waals surface area contributed by atoms with E-state index >= 15 is 0 Å². The highest BCUT2D eigenvalue weighted by molar-refractivity contribution is 6.18. The van der Waals surface area contributed by atoms with Crippen LogP contribution in [0.1, 0.15) is 70.6 Å². The summed E-state index contributed by atoms with van der Waals surface area (Å²) in [6.07, 6.45) is 14.8. The average molecular weight is 286 g/mol. The summed E-state index contributed by atoms with van der Waals surface area (Å²) in [5.74, 6) is 0.755. The van der Waals surface area contributed by atoms with E-state index in [1.54, 1.807) is 0 Å².